The average molecular weight is 526 g/mol. The van der Waals surface area contributed by atoms with Gasteiger partial charge < -0.3 is 24.8 Å². The van der Waals surface area contributed by atoms with E-state index in [0.29, 0.717) is 11.5 Å². The largest absolute Gasteiger partial charge is 0.497 e. The van der Waals surface area contributed by atoms with Gasteiger partial charge in [-0.1, -0.05) is 13.0 Å². The predicted octanol–water partition coefficient (Wildman–Crippen LogP) is 6.02. The minimum absolute atomic E-state index is 0.0138. The molecule has 1 fully saturated rings. The first-order valence-corrected chi connectivity index (χ1v) is 13.1. The van der Waals surface area contributed by atoms with Crippen LogP contribution in [0.15, 0.2) is 79.0 Å². The van der Waals surface area contributed by atoms with Crippen LogP contribution in [0.2, 0.25) is 0 Å². The molecule has 38 heavy (non-hydrogen) atoms. The highest BCUT2D eigenvalue weighted by atomic mass is 32.1. The number of methoxy groups -OCH3 is 1. The number of carbonyl (C=O) groups excluding carboxylic acids is 1. The van der Waals surface area contributed by atoms with Crippen LogP contribution in [0.4, 0.5) is 11.4 Å². The Morgan fingerprint density at radius 3 is 2.47 bits per heavy atom. The maximum absolute atomic E-state index is 12.0. The van der Waals surface area contributed by atoms with Gasteiger partial charge in [0.2, 0.25) is 5.91 Å². The third kappa shape index (κ3) is 4.75. The molecule has 194 valence electrons. The molecule has 0 bridgehead atoms. The zero-order valence-electron chi connectivity index (χ0n) is 21.9. The minimum atomic E-state index is -0.177. The van der Waals surface area contributed by atoms with E-state index in [-0.39, 0.29) is 18.0 Å². The topological polar surface area (TPSA) is 71.4 Å². The molecule has 7 nitrogen and oxygen atoms in total. The SMILES string of the molecule is CCC(=O)Nc1ccc(N2C(=S)N[C@@H](c3ccccn3)[C@H]2c2ccc(C)n2-c2ccc(OC)cc2)cc1C. The van der Waals surface area contributed by atoms with Gasteiger partial charge in [0.1, 0.15) is 11.8 Å². The van der Waals surface area contributed by atoms with Crippen molar-refractivity contribution < 1.29 is 9.53 Å². The fourth-order valence-electron chi connectivity index (χ4n) is 4.98. The van der Waals surface area contributed by atoms with Crippen molar-refractivity contribution in [2.75, 3.05) is 17.3 Å². The van der Waals surface area contributed by atoms with E-state index in [2.05, 4.69) is 62.3 Å². The lowest BCUT2D eigenvalue weighted by atomic mass is 10.00. The molecular weight excluding hydrogens is 494 g/mol. The van der Waals surface area contributed by atoms with Crippen molar-refractivity contribution >= 4 is 34.6 Å². The highest BCUT2D eigenvalue weighted by Gasteiger charge is 2.42. The number of anilines is 2. The van der Waals surface area contributed by atoms with Crippen LogP contribution in [0.25, 0.3) is 5.69 Å². The number of ether oxygens (including phenoxy) is 1. The number of carbonyl (C=O) groups is 1. The van der Waals surface area contributed by atoms with E-state index in [9.17, 15) is 4.79 Å². The summed E-state index contributed by atoms with van der Waals surface area (Å²) in [4.78, 5) is 18.8. The Hall–Kier alpha value is -4.17. The van der Waals surface area contributed by atoms with E-state index < -0.39 is 0 Å². The molecule has 2 aromatic heterocycles. The summed E-state index contributed by atoms with van der Waals surface area (Å²) >= 11 is 5.93. The molecular formula is C30H31N5O2S. The molecule has 2 aromatic carbocycles. The number of nitrogens with one attached hydrogen (secondary N) is 2. The lowest BCUT2D eigenvalue weighted by Crippen LogP contribution is -2.30. The third-order valence-electron chi connectivity index (χ3n) is 6.92. The van der Waals surface area contributed by atoms with Crippen LogP contribution in [0.1, 0.15) is 48.1 Å². The normalized spacial score (nSPS) is 16.8. The number of pyridine rings is 1. The van der Waals surface area contributed by atoms with Crippen LogP contribution < -0.4 is 20.3 Å². The van der Waals surface area contributed by atoms with E-state index in [4.69, 9.17) is 17.0 Å². The third-order valence-corrected chi connectivity index (χ3v) is 7.24. The molecule has 0 unspecified atom stereocenters. The van der Waals surface area contributed by atoms with Crippen LogP contribution >= 0.6 is 12.2 Å². The highest BCUT2D eigenvalue weighted by Crippen LogP contribution is 2.43. The van der Waals surface area contributed by atoms with E-state index in [1.165, 1.54) is 0 Å². The van der Waals surface area contributed by atoms with Gasteiger partial charge in [-0.3, -0.25) is 9.78 Å². The smallest absolute Gasteiger partial charge is 0.224 e. The van der Waals surface area contributed by atoms with Gasteiger partial charge in [-0.05, 0) is 98.4 Å². The van der Waals surface area contributed by atoms with Gasteiger partial charge in [-0.15, -0.1) is 0 Å². The Labute approximate surface area is 228 Å². The second-order valence-corrected chi connectivity index (χ2v) is 9.72. The average Bonchev–Trinajstić information content (AvgIpc) is 3.49. The number of nitrogens with zero attached hydrogens (tertiary/aromatic N) is 3. The number of rotatable bonds is 7. The van der Waals surface area contributed by atoms with Crippen LogP contribution in [-0.4, -0.2) is 27.7 Å². The van der Waals surface area contributed by atoms with Crippen LogP contribution in [0.5, 0.6) is 5.75 Å². The summed E-state index contributed by atoms with van der Waals surface area (Å²) in [6, 6.07) is 24.0. The lowest BCUT2D eigenvalue weighted by molar-refractivity contribution is -0.115. The first-order chi connectivity index (χ1) is 18.4. The second-order valence-electron chi connectivity index (χ2n) is 9.33. The molecule has 1 aliphatic rings. The second kappa shape index (κ2) is 10.7. The molecule has 4 aromatic rings. The first-order valence-electron chi connectivity index (χ1n) is 12.6. The van der Waals surface area contributed by atoms with Crippen LogP contribution in [0.3, 0.4) is 0 Å². The molecule has 0 saturated carbocycles. The predicted molar refractivity (Wildman–Crippen MR) is 155 cm³/mol. The molecule has 3 heterocycles. The number of hydrogen-bond donors (Lipinski definition) is 2. The van der Waals surface area contributed by atoms with E-state index >= 15 is 0 Å². The number of amides is 1. The Morgan fingerprint density at radius 2 is 1.82 bits per heavy atom. The zero-order chi connectivity index (χ0) is 26.8. The monoisotopic (exact) mass is 525 g/mol. The van der Waals surface area contributed by atoms with Crippen molar-refractivity contribution in [2.45, 2.75) is 39.3 Å². The molecule has 1 aliphatic heterocycles. The Bertz CT molecular complexity index is 1470. The molecule has 0 spiro atoms. The van der Waals surface area contributed by atoms with Gasteiger partial charge in [0.05, 0.1) is 18.8 Å². The molecule has 8 heteroatoms. The van der Waals surface area contributed by atoms with Gasteiger partial charge in [-0.2, -0.15) is 0 Å². The quantitative estimate of drug-likeness (QED) is 0.288. The summed E-state index contributed by atoms with van der Waals surface area (Å²) in [6.07, 6.45) is 2.24. The fourth-order valence-corrected chi connectivity index (χ4v) is 5.33. The Morgan fingerprint density at radius 1 is 1.05 bits per heavy atom. The van der Waals surface area contributed by atoms with Gasteiger partial charge in [-0.25, -0.2) is 0 Å². The molecule has 0 aliphatic carbocycles. The lowest BCUT2D eigenvalue weighted by Gasteiger charge is -2.30. The van der Waals surface area contributed by atoms with Gasteiger partial charge >= 0.3 is 0 Å². The number of aryl methyl sites for hydroxylation is 2. The van der Waals surface area contributed by atoms with E-state index in [0.717, 1.165) is 45.5 Å². The summed E-state index contributed by atoms with van der Waals surface area (Å²) < 4.78 is 7.64. The van der Waals surface area contributed by atoms with Crippen molar-refractivity contribution in [3.63, 3.8) is 0 Å². The van der Waals surface area contributed by atoms with Crippen molar-refractivity contribution in [3.05, 3.63) is 102 Å². The van der Waals surface area contributed by atoms with E-state index in [1.807, 2.05) is 62.5 Å². The molecule has 1 saturated heterocycles. The first kappa shape index (κ1) is 25.5. The number of aromatic nitrogens is 2. The van der Waals surface area contributed by atoms with Crippen molar-refractivity contribution in [2.24, 2.45) is 0 Å². The van der Waals surface area contributed by atoms with Crippen molar-refractivity contribution in [3.8, 4) is 11.4 Å². The summed E-state index contributed by atoms with van der Waals surface area (Å²) in [5.74, 6) is 0.794. The number of thiocarbonyl (C=S) groups is 1. The van der Waals surface area contributed by atoms with Gasteiger partial charge in [0.15, 0.2) is 5.11 Å². The molecule has 5 rings (SSSR count). The van der Waals surface area contributed by atoms with Gasteiger partial charge in [0, 0.05) is 41.1 Å². The molecule has 2 atom stereocenters. The Kier molecular flexibility index (Phi) is 7.15. The van der Waals surface area contributed by atoms with Crippen molar-refractivity contribution in [1.82, 2.24) is 14.9 Å². The minimum Gasteiger partial charge on any atom is -0.497 e. The molecule has 0 radical (unpaired) electrons. The van der Waals surface area contributed by atoms with Crippen LogP contribution in [0, 0.1) is 13.8 Å². The maximum atomic E-state index is 12.0. The molecule has 2 N–H and O–H groups in total. The summed E-state index contributed by atoms with van der Waals surface area (Å²) in [6.45, 7) is 5.94. The standard InChI is InChI=1S/C30H31N5O2S/c1-5-27(36)32-24-15-12-22(18-19(24)2)35-29(28(33-30(35)38)25-8-6-7-17-31-25)26-16-9-20(3)34(26)21-10-13-23(37-4)14-11-21/h6-18,28-29H,5H2,1-4H3,(H,32,36)(H,33,38)/t28-,29+/m0/s1. The highest BCUT2D eigenvalue weighted by molar-refractivity contribution is 7.80. The summed E-state index contributed by atoms with van der Waals surface area (Å²) in [7, 11) is 1.67. The number of benzene rings is 2. The van der Waals surface area contributed by atoms with E-state index in [1.54, 1.807) is 7.11 Å². The number of hydrogen-bond acceptors (Lipinski definition) is 4. The van der Waals surface area contributed by atoms with Crippen LogP contribution in [-0.2, 0) is 4.79 Å². The zero-order valence-corrected chi connectivity index (χ0v) is 22.8. The van der Waals surface area contributed by atoms with Gasteiger partial charge in [0.25, 0.3) is 0 Å². The molecule has 1 amide bonds. The Balaban J connectivity index is 1.63. The van der Waals surface area contributed by atoms with Crippen molar-refractivity contribution in [1.29, 1.82) is 0 Å². The summed E-state index contributed by atoms with van der Waals surface area (Å²) in [5.41, 5.74) is 6.84. The maximum Gasteiger partial charge on any atom is 0.224 e. The fraction of sp³-hybridized carbons (Fsp3) is 0.233. The summed E-state index contributed by atoms with van der Waals surface area (Å²) in [5, 5.41) is 7.14.